The van der Waals surface area contributed by atoms with Crippen molar-refractivity contribution in [3.8, 4) is 0 Å². The van der Waals surface area contributed by atoms with Crippen LogP contribution >= 0.6 is 22.9 Å². The van der Waals surface area contributed by atoms with Crippen LogP contribution in [0.1, 0.15) is 29.4 Å². The van der Waals surface area contributed by atoms with Crippen molar-refractivity contribution in [2.24, 2.45) is 0 Å². The summed E-state index contributed by atoms with van der Waals surface area (Å²) < 4.78 is 0. The molecule has 13 heavy (non-hydrogen) atoms. The zero-order valence-electron chi connectivity index (χ0n) is 8.22. The minimum atomic E-state index is 0.476. The van der Waals surface area contributed by atoms with Crippen molar-refractivity contribution in [3.05, 3.63) is 28.7 Å². The third-order valence-corrected chi connectivity index (χ3v) is 2.35. The average molecular weight is 216 g/mol. The molecular formula is C10H14ClNS. The monoisotopic (exact) mass is 215 g/mol. The van der Waals surface area contributed by atoms with Gasteiger partial charge in [-0.2, -0.15) is 0 Å². The number of thiazole rings is 1. The van der Waals surface area contributed by atoms with Gasteiger partial charge in [-0.3, -0.25) is 0 Å². The molecule has 0 saturated heterocycles. The third kappa shape index (κ3) is 3.33. The molecule has 0 aliphatic rings. The molecule has 0 fully saturated rings. The zero-order valence-corrected chi connectivity index (χ0v) is 9.80. The van der Waals surface area contributed by atoms with Gasteiger partial charge in [-0.05, 0) is 13.0 Å². The topological polar surface area (TPSA) is 12.9 Å². The summed E-state index contributed by atoms with van der Waals surface area (Å²) in [5, 5.41) is 1.46. The SMILES string of the molecule is C=Cc1sc(C)nc1C(=C)Cl.CC. The molecule has 72 valence electrons. The Morgan fingerprint density at radius 3 is 2.38 bits per heavy atom. The minimum Gasteiger partial charge on any atom is -0.240 e. The van der Waals surface area contributed by atoms with Gasteiger partial charge >= 0.3 is 0 Å². The Hall–Kier alpha value is -0.600. The molecule has 3 heteroatoms. The lowest BCUT2D eigenvalue weighted by molar-refractivity contribution is 1.27. The highest BCUT2D eigenvalue weighted by Gasteiger charge is 2.06. The fraction of sp³-hybridized carbons (Fsp3) is 0.300. The van der Waals surface area contributed by atoms with Crippen LogP contribution in [0.4, 0.5) is 0 Å². The maximum absolute atomic E-state index is 5.70. The van der Waals surface area contributed by atoms with Gasteiger partial charge in [-0.15, -0.1) is 11.3 Å². The van der Waals surface area contributed by atoms with E-state index in [9.17, 15) is 0 Å². The summed E-state index contributed by atoms with van der Waals surface area (Å²) in [4.78, 5) is 5.19. The number of hydrogen-bond acceptors (Lipinski definition) is 2. The van der Waals surface area contributed by atoms with Crippen molar-refractivity contribution < 1.29 is 0 Å². The standard InChI is InChI=1S/C8H8ClNS.C2H6/c1-4-7-8(5(2)9)10-6(3)11-7;1-2/h4H,1-2H2,3H3;1-2H3. The molecule has 1 nitrogen and oxygen atoms in total. The maximum atomic E-state index is 5.70. The molecule has 1 heterocycles. The largest absolute Gasteiger partial charge is 0.240 e. The second-order valence-electron chi connectivity index (χ2n) is 2.05. The number of aromatic nitrogens is 1. The van der Waals surface area contributed by atoms with Gasteiger partial charge in [0.15, 0.2) is 0 Å². The Morgan fingerprint density at radius 2 is 2.08 bits per heavy atom. The fourth-order valence-corrected chi connectivity index (χ4v) is 1.78. The Kier molecular flexibility index (Phi) is 5.67. The van der Waals surface area contributed by atoms with E-state index in [2.05, 4.69) is 18.1 Å². The number of halogens is 1. The van der Waals surface area contributed by atoms with Gasteiger partial charge < -0.3 is 0 Å². The first-order valence-electron chi connectivity index (χ1n) is 4.09. The quantitative estimate of drug-likeness (QED) is 0.716. The smallest absolute Gasteiger partial charge is 0.0995 e. The Bertz CT molecular complexity index is 302. The van der Waals surface area contributed by atoms with E-state index in [1.807, 2.05) is 20.8 Å². The molecule has 0 spiro atoms. The molecule has 0 aromatic carbocycles. The second-order valence-corrected chi connectivity index (χ2v) is 3.75. The van der Waals surface area contributed by atoms with Gasteiger partial charge in [-0.1, -0.05) is 38.6 Å². The Morgan fingerprint density at radius 1 is 1.54 bits per heavy atom. The minimum absolute atomic E-state index is 0.476. The van der Waals surface area contributed by atoms with Crippen LogP contribution in [0.15, 0.2) is 13.2 Å². The number of aryl methyl sites for hydroxylation is 1. The summed E-state index contributed by atoms with van der Waals surface area (Å²) in [5.74, 6) is 0. The molecule has 0 aliphatic heterocycles. The van der Waals surface area contributed by atoms with E-state index in [0.717, 1.165) is 15.6 Å². The highest BCUT2D eigenvalue weighted by atomic mass is 35.5. The molecule has 0 amide bonds. The molecule has 0 radical (unpaired) electrons. The summed E-state index contributed by atoms with van der Waals surface area (Å²) >= 11 is 7.27. The van der Waals surface area contributed by atoms with E-state index in [1.54, 1.807) is 17.4 Å². The molecule has 0 bridgehead atoms. The molecule has 0 unspecified atom stereocenters. The normalized spacial score (nSPS) is 8.62. The van der Waals surface area contributed by atoms with Crippen LogP contribution in [0.3, 0.4) is 0 Å². The van der Waals surface area contributed by atoms with Crippen LogP contribution in [0.25, 0.3) is 11.1 Å². The predicted octanol–water partition coefficient (Wildman–Crippen LogP) is 4.33. The lowest BCUT2D eigenvalue weighted by Crippen LogP contribution is -1.78. The second kappa shape index (κ2) is 5.95. The first kappa shape index (κ1) is 12.4. The van der Waals surface area contributed by atoms with Crippen molar-refractivity contribution in [2.75, 3.05) is 0 Å². The average Bonchev–Trinajstić information content (AvgIpc) is 2.50. The first-order valence-corrected chi connectivity index (χ1v) is 5.29. The lowest BCUT2D eigenvalue weighted by Gasteiger charge is -1.90. The van der Waals surface area contributed by atoms with E-state index in [0.29, 0.717) is 5.03 Å². The molecular weight excluding hydrogens is 202 g/mol. The van der Waals surface area contributed by atoms with E-state index >= 15 is 0 Å². The molecule has 1 aromatic rings. The predicted molar refractivity (Wildman–Crippen MR) is 63.2 cm³/mol. The van der Waals surface area contributed by atoms with E-state index in [4.69, 9.17) is 11.6 Å². The van der Waals surface area contributed by atoms with Crippen LogP contribution in [-0.4, -0.2) is 4.98 Å². The third-order valence-electron chi connectivity index (χ3n) is 1.20. The zero-order chi connectivity index (χ0) is 10.4. The van der Waals surface area contributed by atoms with Crippen molar-refractivity contribution in [1.29, 1.82) is 0 Å². The summed E-state index contributed by atoms with van der Waals surface area (Å²) in [6.45, 7) is 13.2. The number of nitrogens with zero attached hydrogens (tertiary/aromatic N) is 1. The van der Waals surface area contributed by atoms with Crippen molar-refractivity contribution in [2.45, 2.75) is 20.8 Å². The molecule has 1 rings (SSSR count). The number of rotatable bonds is 2. The van der Waals surface area contributed by atoms with E-state index < -0.39 is 0 Å². The van der Waals surface area contributed by atoms with Crippen LogP contribution in [-0.2, 0) is 0 Å². The van der Waals surface area contributed by atoms with Crippen molar-refractivity contribution >= 4 is 34.0 Å². The van der Waals surface area contributed by atoms with Gasteiger partial charge in [0, 0.05) is 0 Å². The summed E-state index contributed by atoms with van der Waals surface area (Å²) in [6.07, 6.45) is 1.74. The molecule has 0 N–H and O–H groups in total. The molecule has 0 aliphatic carbocycles. The first-order chi connectivity index (χ1) is 6.15. The maximum Gasteiger partial charge on any atom is 0.0995 e. The Balaban J connectivity index is 0.000000671. The fourth-order valence-electron chi connectivity index (χ4n) is 0.776. The van der Waals surface area contributed by atoms with Gasteiger partial charge in [0.05, 0.1) is 20.6 Å². The van der Waals surface area contributed by atoms with Gasteiger partial charge in [0.1, 0.15) is 0 Å². The summed E-state index contributed by atoms with van der Waals surface area (Å²) in [5.41, 5.74) is 0.754. The van der Waals surface area contributed by atoms with Crippen LogP contribution < -0.4 is 0 Å². The highest BCUT2D eigenvalue weighted by Crippen LogP contribution is 2.26. The van der Waals surface area contributed by atoms with Crippen LogP contribution in [0.5, 0.6) is 0 Å². The Labute approximate surface area is 88.8 Å². The molecule has 0 atom stereocenters. The molecule has 1 aromatic heterocycles. The highest BCUT2D eigenvalue weighted by molar-refractivity contribution is 7.12. The number of hydrogen-bond donors (Lipinski definition) is 0. The van der Waals surface area contributed by atoms with Gasteiger partial charge in [0.2, 0.25) is 0 Å². The van der Waals surface area contributed by atoms with Crippen LogP contribution in [0, 0.1) is 6.92 Å². The molecule has 0 saturated carbocycles. The van der Waals surface area contributed by atoms with Crippen molar-refractivity contribution in [1.82, 2.24) is 4.98 Å². The summed E-state index contributed by atoms with van der Waals surface area (Å²) in [7, 11) is 0. The van der Waals surface area contributed by atoms with E-state index in [-0.39, 0.29) is 0 Å². The van der Waals surface area contributed by atoms with E-state index in [1.165, 1.54) is 0 Å². The van der Waals surface area contributed by atoms with Gasteiger partial charge in [-0.25, -0.2) is 4.98 Å². The van der Waals surface area contributed by atoms with Crippen molar-refractivity contribution in [3.63, 3.8) is 0 Å². The lowest BCUT2D eigenvalue weighted by atomic mass is 10.3. The summed E-state index contributed by atoms with van der Waals surface area (Å²) in [6, 6.07) is 0. The van der Waals surface area contributed by atoms with Gasteiger partial charge in [0.25, 0.3) is 0 Å². The van der Waals surface area contributed by atoms with Crippen LogP contribution in [0.2, 0.25) is 0 Å².